The fourth-order valence-corrected chi connectivity index (χ4v) is 2.18. The Morgan fingerprint density at radius 3 is 2.79 bits per heavy atom. The molecule has 2 aromatic rings. The first-order valence-corrected chi connectivity index (χ1v) is 5.01. The van der Waals surface area contributed by atoms with Crippen molar-refractivity contribution < 1.29 is 9.90 Å². The molecular weight excluding hydrogens is 198 g/mol. The summed E-state index contributed by atoms with van der Waals surface area (Å²) in [5.41, 5.74) is 3.01. The molecule has 0 unspecified atom stereocenters. The molecule has 3 nitrogen and oxygen atoms in total. The van der Waals surface area contributed by atoms with Gasteiger partial charge in [-0.15, -0.1) is 11.3 Å². The van der Waals surface area contributed by atoms with E-state index < -0.39 is 5.97 Å². The average molecular weight is 207 g/mol. The van der Waals surface area contributed by atoms with E-state index in [1.165, 1.54) is 11.3 Å². The molecule has 14 heavy (non-hydrogen) atoms. The molecule has 0 atom stereocenters. The van der Waals surface area contributed by atoms with Gasteiger partial charge in [0, 0.05) is 0 Å². The third-order valence-corrected chi connectivity index (χ3v) is 3.28. The molecule has 1 aromatic carbocycles. The van der Waals surface area contributed by atoms with Gasteiger partial charge in [-0.1, -0.05) is 6.07 Å². The number of benzene rings is 1. The highest BCUT2D eigenvalue weighted by Crippen LogP contribution is 2.26. The number of hydrogen-bond donors (Lipinski definition) is 1. The van der Waals surface area contributed by atoms with Crippen molar-refractivity contribution in [2.45, 2.75) is 13.8 Å². The number of rotatable bonds is 1. The third kappa shape index (κ3) is 1.28. The molecular formula is C10H9NO2S. The number of fused-ring (bicyclic) bond motifs is 1. The number of aromatic nitrogens is 1. The van der Waals surface area contributed by atoms with Crippen LogP contribution in [-0.2, 0) is 0 Å². The van der Waals surface area contributed by atoms with Gasteiger partial charge < -0.3 is 5.11 Å². The molecule has 0 saturated carbocycles. The van der Waals surface area contributed by atoms with Crippen molar-refractivity contribution in [2.24, 2.45) is 0 Å². The van der Waals surface area contributed by atoms with Crippen LogP contribution in [0.4, 0.5) is 0 Å². The zero-order chi connectivity index (χ0) is 10.3. The molecule has 2 rings (SSSR count). The monoisotopic (exact) mass is 207 g/mol. The van der Waals surface area contributed by atoms with Crippen LogP contribution in [0.1, 0.15) is 20.9 Å². The number of thiazole rings is 1. The maximum atomic E-state index is 10.7. The molecule has 0 fully saturated rings. The molecule has 0 aliphatic heterocycles. The van der Waals surface area contributed by atoms with Crippen molar-refractivity contribution in [3.05, 3.63) is 28.3 Å². The summed E-state index contributed by atoms with van der Waals surface area (Å²) >= 11 is 1.22. The number of carboxylic acid groups (broad SMARTS) is 1. The van der Waals surface area contributed by atoms with Crippen LogP contribution in [0.15, 0.2) is 12.1 Å². The van der Waals surface area contributed by atoms with Gasteiger partial charge in [0.2, 0.25) is 5.01 Å². The minimum Gasteiger partial charge on any atom is -0.476 e. The fraction of sp³-hybridized carbons (Fsp3) is 0.200. The Hall–Kier alpha value is -1.42. The lowest BCUT2D eigenvalue weighted by Gasteiger charge is -1.97. The molecule has 1 heterocycles. The van der Waals surface area contributed by atoms with E-state index in [0.717, 1.165) is 21.3 Å². The van der Waals surface area contributed by atoms with Gasteiger partial charge in [0.25, 0.3) is 0 Å². The van der Waals surface area contributed by atoms with E-state index in [-0.39, 0.29) is 5.01 Å². The smallest absolute Gasteiger partial charge is 0.365 e. The molecule has 0 saturated heterocycles. The van der Waals surface area contributed by atoms with Gasteiger partial charge in [0.1, 0.15) is 0 Å². The first kappa shape index (κ1) is 9.15. The van der Waals surface area contributed by atoms with Crippen LogP contribution < -0.4 is 0 Å². The lowest BCUT2D eigenvalue weighted by atomic mass is 10.1. The number of aryl methyl sites for hydroxylation is 2. The maximum Gasteiger partial charge on any atom is 0.365 e. The molecule has 0 amide bonds. The normalized spacial score (nSPS) is 10.7. The molecule has 1 aromatic heterocycles. The van der Waals surface area contributed by atoms with Crippen LogP contribution in [0.2, 0.25) is 0 Å². The van der Waals surface area contributed by atoms with Crippen LogP contribution in [0.3, 0.4) is 0 Å². The Bertz CT molecular complexity index is 516. The summed E-state index contributed by atoms with van der Waals surface area (Å²) in [6.07, 6.45) is 0. The Morgan fingerprint density at radius 1 is 1.43 bits per heavy atom. The molecule has 1 N–H and O–H groups in total. The van der Waals surface area contributed by atoms with E-state index >= 15 is 0 Å². The van der Waals surface area contributed by atoms with Gasteiger partial charge in [-0.05, 0) is 31.0 Å². The predicted octanol–water partition coefficient (Wildman–Crippen LogP) is 2.61. The topological polar surface area (TPSA) is 50.2 Å². The summed E-state index contributed by atoms with van der Waals surface area (Å²) in [4.78, 5) is 14.8. The molecule has 0 spiro atoms. The SMILES string of the molecule is Cc1ccc2sc(C(=O)O)nc2c1C. The fourth-order valence-electron chi connectivity index (χ4n) is 1.32. The second kappa shape index (κ2) is 3.06. The highest BCUT2D eigenvalue weighted by Gasteiger charge is 2.12. The van der Waals surface area contributed by atoms with Crippen LogP contribution >= 0.6 is 11.3 Å². The summed E-state index contributed by atoms with van der Waals surface area (Å²) < 4.78 is 0.936. The zero-order valence-electron chi connectivity index (χ0n) is 7.87. The van der Waals surface area contributed by atoms with Crippen molar-refractivity contribution in [3.8, 4) is 0 Å². The molecule has 0 bridgehead atoms. The Morgan fingerprint density at radius 2 is 2.14 bits per heavy atom. The average Bonchev–Trinajstić information content (AvgIpc) is 2.56. The molecule has 0 aliphatic rings. The Kier molecular flexibility index (Phi) is 2.00. The molecule has 4 heteroatoms. The van der Waals surface area contributed by atoms with E-state index in [1.807, 2.05) is 26.0 Å². The first-order chi connectivity index (χ1) is 6.59. The summed E-state index contributed by atoms with van der Waals surface area (Å²) in [6.45, 7) is 3.96. The van der Waals surface area contributed by atoms with Crippen molar-refractivity contribution >= 4 is 27.5 Å². The number of carboxylic acids is 1. The highest BCUT2D eigenvalue weighted by atomic mass is 32.1. The summed E-state index contributed by atoms with van der Waals surface area (Å²) in [6, 6.07) is 3.91. The van der Waals surface area contributed by atoms with E-state index in [1.54, 1.807) is 0 Å². The van der Waals surface area contributed by atoms with Crippen molar-refractivity contribution in [3.63, 3.8) is 0 Å². The lowest BCUT2D eigenvalue weighted by Crippen LogP contribution is -1.93. The third-order valence-electron chi connectivity index (χ3n) is 2.27. The van der Waals surface area contributed by atoms with Crippen LogP contribution in [-0.4, -0.2) is 16.1 Å². The summed E-state index contributed by atoms with van der Waals surface area (Å²) in [7, 11) is 0. The maximum absolute atomic E-state index is 10.7. The first-order valence-electron chi connectivity index (χ1n) is 4.19. The predicted molar refractivity (Wildman–Crippen MR) is 56.1 cm³/mol. The van der Waals surface area contributed by atoms with Gasteiger partial charge in [-0.25, -0.2) is 9.78 Å². The standard InChI is InChI=1S/C10H9NO2S/c1-5-3-4-7-8(6(5)2)11-9(14-7)10(12)13/h3-4H,1-2H3,(H,12,13). The summed E-state index contributed by atoms with van der Waals surface area (Å²) in [5, 5.41) is 8.95. The largest absolute Gasteiger partial charge is 0.476 e. The number of aromatic carboxylic acids is 1. The molecule has 72 valence electrons. The van der Waals surface area contributed by atoms with Crippen molar-refractivity contribution in [2.75, 3.05) is 0 Å². The van der Waals surface area contributed by atoms with Crippen molar-refractivity contribution in [1.29, 1.82) is 0 Å². The van der Waals surface area contributed by atoms with Gasteiger partial charge in [0.05, 0.1) is 10.2 Å². The van der Waals surface area contributed by atoms with Crippen molar-refractivity contribution in [1.82, 2.24) is 4.98 Å². The van der Waals surface area contributed by atoms with E-state index in [0.29, 0.717) is 0 Å². The van der Waals surface area contributed by atoms with Crippen LogP contribution in [0.5, 0.6) is 0 Å². The van der Waals surface area contributed by atoms with E-state index in [9.17, 15) is 4.79 Å². The Balaban J connectivity index is 2.77. The highest BCUT2D eigenvalue weighted by molar-refractivity contribution is 7.20. The van der Waals surface area contributed by atoms with Gasteiger partial charge in [0.15, 0.2) is 0 Å². The van der Waals surface area contributed by atoms with Crippen LogP contribution in [0, 0.1) is 13.8 Å². The minimum atomic E-state index is -0.955. The van der Waals surface area contributed by atoms with E-state index in [4.69, 9.17) is 5.11 Å². The molecule has 0 radical (unpaired) electrons. The Labute approximate surface area is 85.0 Å². The zero-order valence-corrected chi connectivity index (χ0v) is 8.68. The second-order valence-corrected chi connectivity index (χ2v) is 4.21. The van der Waals surface area contributed by atoms with Crippen LogP contribution in [0.25, 0.3) is 10.2 Å². The quantitative estimate of drug-likeness (QED) is 0.782. The van der Waals surface area contributed by atoms with E-state index in [2.05, 4.69) is 4.98 Å². The molecule has 0 aliphatic carbocycles. The number of hydrogen-bond acceptors (Lipinski definition) is 3. The number of carbonyl (C=O) groups is 1. The van der Waals surface area contributed by atoms with Gasteiger partial charge in [-0.2, -0.15) is 0 Å². The summed E-state index contributed by atoms with van der Waals surface area (Å²) in [5.74, 6) is -0.955. The van der Waals surface area contributed by atoms with Gasteiger partial charge >= 0.3 is 5.97 Å². The number of nitrogens with zero attached hydrogens (tertiary/aromatic N) is 1. The lowest BCUT2D eigenvalue weighted by molar-refractivity contribution is 0.0696. The minimum absolute atomic E-state index is 0.161. The van der Waals surface area contributed by atoms with Gasteiger partial charge in [-0.3, -0.25) is 0 Å². The second-order valence-electron chi connectivity index (χ2n) is 3.18.